The SMILES string of the molecule is C=C(NC(/C=C(\NC1=C(C(F)(F)F)CCC=C1)C1=C(Cl)C=CCC1)=NC)c1ccccc1NCCC.CC. The number of hydrogen-bond acceptors (Lipinski definition) is 3. The highest BCUT2D eigenvalue weighted by Gasteiger charge is 2.36. The van der Waals surface area contributed by atoms with Gasteiger partial charge in [0.25, 0.3) is 0 Å². The van der Waals surface area contributed by atoms with Crippen LogP contribution in [0.3, 0.4) is 0 Å². The van der Waals surface area contributed by atoms with Gasteiger partial charge in [0.05, 0.1) is 5.57 Å². The average Bonchev–Trinajstić information content (AvgIpc) is 2.92. The summed E-state index contributed by atoms with van der Waals surface area (Å²) in [4.78, 5) is 4.33. The van der Waals surface area contributed by atoms with Crippen molar-refractivity contribution in [3.8, 4) is 0 Å². The molecule has 2 aliphatic rings. The predicted octanol–water partition coefficient (Wildman–Crippen LogP) is 8.61. The number of para-hydroxylation sites is 1. The van der Waals surface area contributed by atoms with Crippen LogP contribution in [0.4, 0.5) is 18.9 Å². The van der Waals surface area contributed by atoms with Gasteiger partial charge in [0.15, 0.2) is 0 Å². The van der Waals surface area contributed by atoms with Crippen LogP contribution < -0.4 is 16.0 Å². The first-order chi connectivity index (χ1) is 18.2. The van der Waals surface area contributed by atoms with Gasteiger partial charge in [-0.25, -0.2) is 0 Å². The smallest absolute Gasteiger partial charge is 0.385 e. The van der Waals surface area contributed by atoms with Gasteiger partial charge >= 0.3 is 6.18 Å². The van der Waals surface area contributed by atoms with Crippen LogP contribution in [0.5, 0.6) is 0 Å². The Morgan fingerprint density at radius 3 is 2.45 bits per heavy atom. The molecule has 8 heteroatoms. The third-order valence-corrected chi connectivity index (χ3v) is 6.19. The molecule has 0 spiro atoms. The highest BCUT2D eigenvalue weighted by Crippen LogP contribution is 2.35. The molecule has 3 rings (SSSR count). The lowest BCUT2D eigenvalue weighted by Crippen LogP contribution is -2.26. The van der Waals surface area contributed by atoms with Gasteiger partial charge in [-0.1, -0.05) is 69.3 Å². The number of hydrogen-bond donors (Lipinski definition) is 3. The number of nitrogens with one attached hydrogen (secondary N) is 3. The van der Waals surface area contributed by atoms with Gasteiger partial charge in [0.1, 0.15) is 5.84 Å². The molecule has 3 N–H and O–H groups in total. The van der Waals surface area contributed by atoms with Crippen molar-refractivity contribution in [2.45, 2.75) is 59.1 Å². The van der Waals surface area contributed by atoms with Crippen molar-refractivity contribution in [2.24, 2.45) is 4.99 Å². The molecule has 0 heterocycles. The van der Waals surface area contributed by atoms with Crippen LogP contribution in [0.1, 0.15) is 58.4 Å². The molecule has 0 saturated carbocycles. The fraction of sp³-hybridized carbons (Fsp3) is 0.367. The van der Waals surface area contributed by atoms with Crippen molar-refractivity contribution < 1.29 is 13.2 Å². The molecule has 0 amide bonds. The van der Waals surface area contributed by atoms with Crippen LogP contribution in [0.25, 0.3) is 5.70 Å². The normalized spacial score (nSPS) is 16.2. The number of nitrogens with zero attached hydrogens (tertiary/aromatic N) is 1. The van der Waals surface area contributed by atoms with E-state index in [1.54, 1.807) is 25.3 Å². The van der Waals surface area contributed by atoms with E-state index in [9.17, 15) is 13.2 Å². The van der Waals surface area contributed by atoms with Gasteiger partial charge in [-0.15, -0.1) is 0 Å². The zero-order valence-corrected chi connectivity index (χ0v) is 23.4. The monoisotopic (exact) mass is 546 g/mol. The maximum Gasteiger partial charge on any atom is 0.414 e. The Hall–Kier alpha value is -3.19. The molecular weight excluding hydrogens is 509 g/mol. The number of allylic oxidation sites excluding steroid dienone is 7. The van der Waals surface area contributed by atoms with Crippen molar-refractivity contribution in [2.75, 3.05) is 18.9 Å². The van der Waals surface area contributed by atoms with E-state index >= 15 is 0 Å². The molecule has 0 aromatic heterocycles. The summed E-state index contributed by atoms with van der Waals surface area (Å²) in [7, 11) is 1.61. The van der Waals surface area contributed by atoms with Crippen LogP contribution in [-0.2, 0) is 0 Å². The Morgan fingerprint density at radius 2 is 1.79 bits per heavy atom. The van der Waals surface area contributed by atoms with E-state index in [1.807, 2.05) is 44.2 Å². The second kappa shape index (κ2) is 15.3. The molecule has 0 saturated heterocycles. The molecule has 1 aromatic rings. The molecule has 0 unspecified atom stereocenters. The summed E-state index contributed by atoms with van der Waals surface area (Å²) in [5.41, 5.74) is 3.06. The zero-order valence-electron chi connectivity index (χ0n) is 22.6. The number of halogens is 4. The molecule has 0 atom stereocenters. The van der Waals surface area contributed by atoms with Crippen molar-refractivity contribution in [1.82, 2.24) is 10.6 Å². The minimum Gasteiger partial charge on any atom is -0.385 e. The predicted molar refractivity (Wildman–Crippen MR) is 156 cm³/mol. The maximum atomic E-state index is 13.7. The van der Waals surface area contributed by atoms with Gasteiger partial charge in [-0.3, -0.25) is 4.99 Å². The van der Waals surface area contributed by atoms with E-state index in [0.717, 1.165) is 36.2 Å². The highest BCUT2D eigenvalue weighted by molar-refractivity contribution is 6.32. The first-order valence-corrected chi connectivity index (χ1v) is 13.4. The third-order valence-electron chi connectivity index (χ3n) is 5.84. The van der Waals surface area contributed by atoms with E-state index in [1.165, 1.54) is 6.08 Å². The molecule has 2 aliphatic carbocycles. The summed E-state index contributed by atoms with van der Waals surface area (Å²) < 4.78 is 41.2. The molecule has 38 heavy (non-hydrogen) atoms. The van der Waals surface area contributed by atoms with Crippen molar-refractivity contribution in [3.63, 3.8) is 0 Å². The van der Waals surface area contributed by atoms with Gasteiger partial charge in [0.2, 0.25) is 0 Å². The largest absolute Gasteiger partial charge is 0.414 e. The molecule has 1 aromatic carbocycles. The van der Waals surface area contributed by atoms with E-state index in [-0.39, 0.29) is 12.1 Å². The minimum absolute atomic E-state index is 0.0231. The summed E-state index contributed by atoms with van der Waals surface area (Å²) in [5.74, 6) is 0.438. The zero-order chi connectivity index (χ0) is 28.1. The van der Waals surface area contributed by atoms with Gasteiger partial charge in [-0.05, 0) is 55.9 Å². The number of anilines is 1. The van der Waals surface area contributed by atoms with Crippen molar-refractivity contribution >= 4 is 28.8 Å². The topological polar surface area (TPSA) is 48.5 Å². The fourth-order valence-electron chi connectivity index (χ4n) is 3.99. The van der Waals surface area contributed by atoms with Crippen LogP contribution in [-0.4, -0.2) is 25.6 Å². The Kier molecular flexibility index (Phi) is 12.5. The van der Waals surface area contributed by atoms with Gasteiger partial charge < -0.3 is 16.0 Å². The Labute approximate surface area is 229 Å². The molecule has 0 fully saturated rings. The second-order valence-corrected chi connectivity index (χ2v) is 8.87. The lowest BCUT2D eigenvalue weighted by molar-refractivity contribution is -0.0950. The third kappa shape index (κ3) is 8.69. The summed E-state index contributed by atoms with van der Waals surface area (Å²) in [6.07, 6.45) is 6.78. The fourth-order valence-corrected chi connectivity index (χ4v) is 4.28. The summed E-state index contributed by atoms with van der Waals surface area (Å²) >= 11 is 6.49. The lowest BCUT2D eigenvalue weighted by atomic mass is 9.98. The lowest BCUT2D eigenvalue weighted by Gasteiger charge is -2.24. The summed E-state index contributed by atoms with van der Waals surface area (Å²) in [6.45, 7) is 11.1. The standard InChI is InChI=1S/C28H32ClF3N4.C2H6/c1-4-17-34-24-15-9-6-11-20(24)19(2)35-27(33-3)18-26(21-12-5-8-14-23(21)29)36-25-16-10-7-13-22(25)28(30,31)32;1-2/h6,8-11,14-16,18,34,36H,2,4-5,7,12-13,17H2,1,3H3,(H,33,35);1-2H3/b26-18-;. The van der Waals surface area contributed by atoms with Crippen molar-refractivity contribution in [1.29, 1.82) is 0 Å². The quantitative estimate of drug-likeness (QED) is 0.215. The van der Waals surface area contributed by atoms with Crippen LogP contribution in [0.2, 0.25) is 0 Å². The van der Waals surface area contributed by atoms with Gasteiger partial charge in [-0.2, -0.15) is 13.2 Å². The Bertz CT molecular complexity index is 1150. The Balaban J connectivity index is 0.00000247. The van der Waals surface area contributed by atoms with E-state index in [0.29, 0.717) is 35.1 Å². The Morgan fingerprint density at radius 1 is 1.11 bits per heavy atom. The van der Waals surface area contributed by atoms with E-state index in [4.69, 9.17) is 11.6 Å². The molecule has 0 bridgehead atoms. The summed E-state index contributed by atoms with van der Waals surface area (Å²) in [5, 5.41) is 10.1. The molecule has 0 radical (unpaired) electrons. The number of aliphatic imine (C=N–C) groups is 1. The van der Waals surface area contributed by atoms with Crippen LogP contribution >= 0.6 is 11.6 Å². The van der Waals surface area contributed by atoms with E-state index < -0.39 is 11.7 Å². The average molecular weight is 547 g/mol. The van der Waals surface area contributed by atoms with Crippen LogP contribution in [0.15, 0.2) is 93.8 Å². The molecular formula is C30H38ClF3N4. The first-order valence-electron chi connectivity index (χ1n) is 13.0. The number of alkyl halides is 3. The first kappa shape index (κ1) is 31.0. The minimum atomic E-state index is -4.42. The number of benzene rings is 1. The maximum absolute atomic E-state index is 13.7. The highest BCUT2D eigenvalue weighted by atomic mass is 35.5. The number of amidine groups is 1. The van der Waals surface area contributed by atoms with E-state index in [2.05, 4.69) is 34.4 Å². The van der Waals surface area contributed by atoms with Crippen molar-refractivity contribution in [3.05, 3.63) is 94.4 Å². The molecule has 206 valence electrons. The number of rotatable bonds is 9. The van der Waals surface area contributed by atoms with Gasteiger partial charge in [0, 0.05) is 53.0 Å². The molecule has 0 aliphatic heterocycles. The second-order valence-electron chi connectivity index (χ2n) is 8.47. The van der Waals surface area contributed by atoms with Crippen LogP contribution in [0, 0.1) is 0 Å². The summed E-state index contributed by atoms with van der Waals surface area (Å²) in [6, 6.07) is 7.79. The molecule has 4 nitrogen and oxygen atoms in total.